The second-order valence-corrected chi connectivity index (χ2v) is 5.73. The van der Waals surface area contributed by atoms with E-state index in [1.165, 1.54) is 37.8 Å². The molecular formula is C17H25FN2. The third-order valence-electron chi connectivity index (χ3n) is 3.30. The van der Waals surface area contributed by atoms with Crippen molar-refractivity contribution in [2.24, 2.45) is 5.92 Å². The molecule has 0 aromatic heterocycles. The molecule has 0 fully saturated rings. The average Bonchev–Trinajstić information content (AvgIpc) is 2.40. The molecule has 0 bridgehead atoms. The third-order valence-corrected chi connectivity index (χ3v) is 3.30. The zero-order valence-corrected chi connectivity index (χ0v) is 12.6. The van der Waals surface area contributed by atoms with Gasteiger partial charge in [-0.3, -0.25) is 0 Å². The highest BCUT2D eigenvalue weighted by Crippen LogP contribution is 2.10. The van der Waals surface area contributed by atoms with Gasteiger partial charge in [0.25, 0.3) is 0 Å². The standard InChI is InChI=1S/C17H25FN2/c1-14(2)7-5-3-4-6-8-20-13-16-9-15(12-19)10-17(18)11-16/h9-11,14,20H,3-8,13H2,1-2H3. The molecule has 20 heavy (non-hydrogen) atoms. The Hall–Kier alpha value is -1.40. The molecular weight excluding hydrogens is 251 g/mol. The van der Waals surface area contributed by atoms with Crippen molar-refractivity contribution in [2.45, 2.75) is 52.5 Å². The maximum atomic E-state index is 13.2. The van der Waals surface area contributed by atoms with Crippen molar-refractivity contribution in [3.63, 3.8) is 0 Å². The highest BCUT2D eigenvalue weighted by molar-refractivity contribution is 5.33. The average molecular weight is 276 g/mol. The number of nitriles is 1. The Labute approximate surface area is 122 Å². The van der Waals surface area contributed by atoms with Crippen molar-refractivity contribution in [1.29, 1.82) is 5.26 Å². The van der Waals surface area contributed by atoms with Gasteiger partial charge in [0.15, 0.2) is 0 Å². The molecule has 0 saturated carbocycles. The summed E-state index contributed by atoms with van der Waals surface area (Å²) in [6, 6.07) is 6.45. The van der Waals surface area contributed by atoms with Crippen LogP contribution in [0.25, 0.3) is 0 Å². The molecule has 0 spiro atoms. The van der Waals surface area contributed by atoms with E-state index in [-0.39, 0.29) is 5.82 Å². The molecule has 1 aromatic carbocycles. The normalized spacial score (nSPS) is 10.8. The Morgan fingerprint density at radius 3 is 2.60 bits per heavy atom. The van der Waals surface area contributed by atoms with E-state index in [1.807, 2.05) is 6.07 Å². The van der Waals surface area contributed by atoms with Crippen LogP contribution in [-0.2, 0) is 6.54 Å². The van der Waals surface area contributed by atoms with Gasteiger partial charge in [-0.1, -0.05) is 39.5 Å². The van der Waals surface area contributed by atoms with Gasteiger partial charge in [-0.05, 0) is 42.6 Å². The molecule has 0 radical (unpaired) electrons. The maximum absolute atomic E-state index is 13.2. The Kier molecular flexibility index (Phi) is 7.91. The first-order valence-electron chi connectivity index (χ1n) is 7.52. The molecule has 0 aliphatic heterocycles. The molecule has 1 aromatic rings. The zero-order chi connectivity index (χ0) is 14.8. The Balaban J connectivity index is 2.12. The van der Waals surface area contributed by atoms with Crippen molar-refractivity contribution in [1.82, 2.24) is 5.32 Å². The number of halogens is 1. The molecule has 2 nitrogen and oxygen atoms in total. The topological polar surface area (TPSA) is 35.8 Å². The minimum Gasteiger partial charge on any atom is -0.313 e. The van der Waals surface area contributed by atoms with Crippen molar-refractivity contribution in [3.05, 3.63) is 35.1 Å². The lowest BCUT2D eigenvalue weighted by molar-refractivity contribution is 0.512. The van der Waals surface area contributed by atoms with Crippen molar-refractivity contribution >= 4 is 0 Å². The van der Waals surface area contributed by atoms with Crippen LogP contribution in [0.3, 0.4) is 0 Å². The lowest BCUT2D eigenvalue weighted by Gasteiger charge is -2.06. The van der Waals surface area contributed by atoms with E-state index in [0.29, 0.717) is 12.1 Å². The molecule has 0 aliphatic rings. The van der Waals surface area contributed by atoms with E-state index in [2.05, 4.69) is 19.2 Å². The summed E-state index contributed by atoms with van der Waals surface area (Å²) in [5.41, 5.74) is 1.22. The van der Waals surface area contributed by atoms with Crippen LogP contribution in [0.1, 0.15) is 57.1 Å². The number of hydrogen-bond donors (Lipinski definition) is 1. The summed E-state index contributed by atoms with van der Waals surface area (Å²) in [5, 5.41) is 12.1. The van der Waals surface area contributed by atoms with Crippen molar-refractivity contribution in [2.75, 3.05) is 6.54 Å². The maximum Gasteiger partial charge on any atom is 0.124 e. The second-order valence-electron chi connectivity index (χ2n) is 5.73. The summed E-state index contributed by atoms with van der Waals surface area (Å²) in [6.45, 7) is 6.09. The number of benzene rings is 1. The summed E-state index contributed by atoms with van der Waals surface area (Å²) < 4.78 is 13.2. The Morgan fingerprint density at radius 2 is 1.90 bits per heavy atom. The van der Waals surface area contributed by atoms with Gasteiger partial charge in [0, 0.05) is 6.54 Å². The first kappa shape index (κ1) is 16.7. The zero-order valence-electron chi connectivity index (χ0n) is 12.6. The molecule has 0 amide bonds. The minimum absolute atomic E-state index is 0.338. The monoisotopic (exact) mass is 276 g/mol. The lowest BCUT2D eigenvalue weighted by atomic mass is 10.0. The van der Waals surface area contributed by atoms with E-state index in [0.717, 1.165) is 24.4 Å². The molecule has 110 valence electrons. The fourth-order valence-electron chi connectivity index (χ4n) is 2.21. The third kappa shape index (κ3) is 7.25. The fraction of sp³-hybridized carbons (Fsp3) is 0.588. The molecule has 0 atom stereocenters. The van der Waals surface area contributed by atoms with Gasteiger partial charge in [-0.25, -0.2) is 4.39 Å². The first-order chi connectivity index (χ1) is 9.61. The van der Waals surface area contributed by atoms with Crippen LogP contribution in [0, 0.1) is 23.1 Å². The van der Waals surface area contributed by atoms with Crippen LogP contribution >= 0.6 is 0 Å². The van der Waals surface area contributed by atoms with Crippen LogP contribution in [-0.4, -0.2) is 6.54 Å². The van der Waals surface area contributed by atoms with Gasteiger partial charge >= 0.3 is 0 Å². The van der Waals surface area contributed by atoms with E-state index in [1.54, 1.807) is 6.07 Å². The number of unbranched alkanes of at least 4 members (excludes halogenated alkanes) is 3. The molecule has 0 heterocycles. The molecule has 3 heteroatoms. The van der Waals surface area contributed by atoms with E-state index >= 15 is 0 Å². The van der Waals surface area contributed by atoms with Crippen molar-refractivity contribution in [3.8, 4) is 6.07 Å². The number of nitrogens with zero attached hydrogens (tertiary/aromatic N) is 1. The van der Waals surface area contributed by atoms with Gasteiger partial charge in [0.05, 0.1) is 11.6 Å². The van der Waals surface area contributed by atoms with Gasteiger partial charge in [-0.2, -0.15) is 5.26 Å². The van der Waals surface area contributed by atoms with E-state index < -0.39 is 0 Å². The van der Waals surface area contributed by atoms with Crippen LogP contribution in [0.5, 0.6) is 0 Å². The molecule has 1 rings (SSSR count). The molecule has 1 N–H and O–H groups in total. The number of rotatable bonds is 9. The van der Waals surface area contributed by atoms with Crippen LogP contribution in [0.2, 0.25) is 0 Å². The summed E-state index contributed by atoms with van der Waals surface area (Å²) in [4.78, 5) is 0. The largest absolute Gasteiger partial charge is 0.313 e. The first-order valence-corrected chi connectivity index (χ1v) is 7.52. The van der Waals surface area contributed by atoms with Crippen LogP contribution in [0.15, 0.2) is 18.2 Å². The van der Waals surface area contributed by atoms with Gasteiger partial charge in [0.1, 0.15) is 5.82 Å². The summed E-state index contributed by atoms with van der Waals surface area (Å²) in [6.07, 6.45) is 6.31. The lowest BCUT2D eigenvalue weighted by Crippen LogP contribution is -2.14. The molecule has 0 saturated heterocycles. The highest BCUT2D eigenvalue weighted by atomic mass is 19.1. The minimum atomic E-state index is -0.338. The summed E-state index contributed by atoms with van der Waals surface area (Å²) in [7, 11) is 0. The smallest absolute Gasteiger partial charge is 0.124 e. The predicted molar refractivity (Wildman–Crippen MR) is 80.7 cm³/mol. The summed E-state index contributed by atoms with van der Waals surface area (Å²) >= 11 is 0. The molecule has 0 aliphatic carbocycles. The number of nitrogens with one attached hydrogen (secondary N) is 1. The van der Waals surface area contributed by atoms with Gasteiger partial charge in [-0.15, -0.1) is 0 Å². The predicted octanol–water partition coefficient (Wildman–Crippen LogP) is 4.39. The fourth-order valence-corrected chi connectivity index (χ4v) is 2.21. The second kappa shape index (κ2) is 9.50. The van der Waals surface area contributed by atoms with E-state index in [4.69, 9.17) is 5.26 Å². The van der Waals surface area contributed by atoms with Crippen LogP contribution < -0.4 is 5.32 Å². The van der Waals surface area contributed by atoms with Crippen LogP contribution in [0.4, 0.5) is 4.39 Å². The Morgan fingerprint density at radius 1 is 1.15 bits per heavy atom. The summed E-state index contributed by atoms with van der Waals surface area (Å²) in [5.74, 6) is 0.463. The van der Waals surface area contributed by atoms with Crippen molar-refractivity contribution < 1.29 is 4.39 Å². The molecule has 0 unspecified atom stereocenters. The Bertz CT molecular complexity index is 435. The van der Waals surface area contributed by atoms with Gasteiger partial charge in [0.2, 0.25) is 0 Å². The SMILES string of the molecule is CC(C)CCCCCCNCc1cc(F)cc(C#N)c1. The quantitative estimate of drug-likeness (QED) is 0.679. The number of hydrogen-bond acceptors (Lipinski definition) is 2. The highest BCUT2D eigenvalue weighted by Gasteiger charge is 2.00. The van der Waals surface area contributed by atoms with Gasteiger partial charge < -0.3 is 5.32 Å². The van der Waals surface area contributed by atoms with E-state index in [9.17, 15) is 4.39 Å².